The second kappa shape index (κ2) is 8.19. The molecule has 0 saturated heterocycles. The van der Waals surface area contributed by atoms with Gasteiger partial charge >= 0.3 is 0 Å². The quantitative estimate of drug-likeness (QED) is 0.430. The van der Waals surface area contributed by atoms with Crippen LogP contribution in [0.25, 0.3) is 9.40 Å². The van der Waals surface area contributed by atoms with Gasteiger partial charge in [-0.25, -0.2) is 0 Å². The Labute approximate surface area is 132 Å². The van der Waals surface area contributed by atoms with E-state index in [1.807, 2.05) is 22.7 Å². The van der Waals surface area contributed by atoms with Crippen molar-refractivity contribution in [3.63, 3.8) is 0 Å². The van der Waals surface area contributed by atoms with Gasteiger partial charge in [-0.3, -0.25) is 0 Å². The van der Waals surface area contributed by atoms with Crippen LogP contribution in [-0.4, -0.2) is 0 Å². The van der Waals surface area contributed by atoms with Crippen molar-refractivity contribution in [1.29, 1.82) is 0 Å². The van der Waals surface area contributed by atoms with E-state index in [1.165, 1.54) is 54.3 Å². The molecule has 0 aliphatic heterocycles. The summed E-state index contributed by atoms with van der Waals surface area (Å²) in [5.74, 6) is 0.714. The fourth-order valence-electron chi connectivity index (χ4n) is 2.53. The Morgan fingerprint density at radius 1 is 1.10 bits per heavy atom. The van der Waals surface area contributed by atoms with Crippen LogP contribution in [0.15, 0.2) is 12.1 Å². The Morgan fingerprint density at radius 2 is 1.90 bits per heavy atom. The number of aryl methyl sites for hydroxylation is 1. The SMILES string of the molecule is CC[CH]CCC(C)c1cc2sc(CCCCC)cc2s1. The van der Waals surface area contributed by atoms with Crippen LogP contribution in [0, 0.1) is 6.42 Å². The summed E-state index contributed by atoms with van der Waals surface area (Å²) in [4.78, 5) is 3.16. The lowest BCUT2D eigenvalue weighted by molar-refractivity contribution is 0.673. The van der Waals surface area contributed by atoms with Crippen LogP contribution < -0.4 is 0 Å². The van der Waals surface area contributed by atoms with E-state index in [9.17, 15) is 0 Å². The Kier molecular flexibility index (Phi) is 6.57. The van der Waals surface area contributed by atoms with Gasteiger partial charge in [0.05, 0.1) is 0 Å². The molecule has 0 fully saturated rings. The van der Waals surface area contributed by atoms with E-state index in [1.54, 1.807) is 9.75 Å². The number of hydrogen-bond acceptors (Lipinski definition) is 2. The molecule has 0 N–H and O–H groups in total. The molecule has 2 rings (SSSR count). The molecule has 0 aliphatic rings. The van der Waals surface area contributed by atoms with Gasteiger partial charge in [-0.05, 0) is 50.2 Å². The number of unbranched alkanes of at least 4 members (excludes halogenated alkanes) is 4. The van der Waals surface area contributed by atoms with Crippen molar-refractivity contribution in [2.75, 3.05) is 0 Å². The predicted molar refractivity (Wildman–Crippen MR) is 95.2 cm³/mol. The molecule has 0 amide bonds. The minimum Gasteiger partial charge on any atom is -0.139 e. The van der Waals surface area contributed by atoms with Crippen molar-refractivity contribution in [3.05, 3.63) is 28.3 Å². The van der Waals surface area contributed by atoms with E-state index in [4.69, 9.17) is 0 Å². The molecular weight excluding hydrogens is 280 g/mol. The van der Waals surface area contributed by atoms with Gasteiger partial charge in [0.25, 0.3) is 0 Å². The van der Waals surface area contributed by atoms with Gasteiger partial charge in [0.2, 0.25) is 0 Å². The highest BCUT2D eigenvalue weighted by Gasteiger charge is 2.12. The highest BCUT2D eigenvalue weighted by Crippen LogP contribution is 2.38. The van der Waals surface area contributed by atoms with Crippen LogP contribution in [0.5, 0.6) is 0 Å². The molecule has 2 heteroatoms. The lowest BCUT2D eigenvalue weighted by Gasteiger charge is -2.07. The maximum atomic E-state index is 2.45. The molecule has 0 spiro atoms. The van der Waals surface area contributed by atoms with Gasteiger partial charge in [0.1, 0.15) is 0 Å². The first-order valence-corrected chi connectivity index (χ1v) is 9.71. The second-order valence-electron chi connectivity index (χ2n) is 5.72. The molecule has 0 aromatic carbocycles. The Bertz CT molecular complexity index is 475. The molecule has 2 aromatic rings. The largest absolute Gasteiger partial charge is 0.139 e. The zero-order valence-corrected chi connectivity index (χ0v) is 14.7. The molecule has 2 aromatic heterocycles. The second-order valence-corrected chi connectivity index (χ2v) is 8.01. The molecule has 1 unspecified atom stereocenters. The summed E-state index contributed by atoms with van der Waals surface area (Å²) < 4.78 is 3.03. The first-order chi connectivity index (χ1) is 9.74. The summed E-state index contributed by atoms with van der Waals surface area (Å²) in [5, 5.41) is 0. The predicted octanol–water partition coefficient (Wildman–Crippen LogP) is 7.19. The fraction of sp³-hybridized carbons (Fsp3) is 0.611. The van der Waals surface area contributed by atoms with Crippen molar-refractivity contribution in [2.45, 2.75) is 71.6 Å². The normalized spacial score (nSPS) is 13.2. The molecule has 0 aliphatic carbocycles. The Hall–Kier alpha value is -0.340. The number of hydrogen-bond donors (Lipinski definition) is 0. The first-order valence-electron chi connectivity index (χ1n) is 8.08. The zero-order chi connectivity index (χ0) is 14.4. The van der Waals surface area contributed by atoms with Gasteiger partial charge in [-0.2, -0.15) is 0 Å². The minimum atomic E-state index is 0.714. The molecule has 0 nitrogen and oxygen atoms in total. The van der Waals surface area contributed by atoms with Crippen molar-refractivity contribution >= 4 is 32.1 Å². The molecule has 20 heavy (non-hydrogen) atoms. The third-order valence-electron chi connectivity index (χ3n) is 3.88. The van der Waals surface area contributed by atoms with Crippen molar-refractivity contribution in [1.82, 2.24) is 0 Å². The molecule has 0 saturated carbocycles. The van der Waals surface area contributed by atoms with E-state index in [-0.39, 0.29) is 0 Å². The maximum absolute atomic E-state index is 2.45. The maximum Gasteiger partial charge on any atom is 0.0456 e. The van der Waals surface area contributed by atoms with E-state index >= 15 is 0 Å². The van der Waals surface area contributed by atoms with Gasteiger partial charge < -0.3 is 0 Å². The summed E-state index contributed by atoms with van der Waals surface area (Å²) in [6, 6.07) is 4.89. The molecule has 0 bridgehead atoms. The van der Waals surface area contributed by atoms with Gasteiger partial charge in [-0.15, -0.1) is 22.7 Å². The highest BCUT2D eigenvalue weighted by molar-refractivity contribution is 7.27. The van der Waals surface area contributed by atoms with Crippen molar-refractivity contribution < 1.29 is 0 Å². The summed E-state index contributed by atoms with van der Waals surface area (Å²) in [7, 11) is 0. The average Bonchev–Trinajstić information content (AvgIpc) is 2.97. The lowest BCUT2D eigenvalue weighted by Crippen LogP contribution is -1.90. The van der Waals surface area contributed by atoms with Crippen LogP contribution in [0.3, 0.4) is 0 Å². The molecule has 1 radical (unpaired) electrons. The number of fused-ring (bicyclic) bond motifs is 1. The molecule has 2 heterocycles. The standard InChI is InChI=1S/C18H27S2/c1-4-6-8-10-14(3)16-13-18-17(20-16)12-15(19-18)11-9-7-5-2/h6,12-14H,4-5,7-11H2,1-3H3. The van der Waals surface area contributed by atoms with E-state index in [2.05, 4.69) is 39.3 Å². The lowest BCUT2D eigenvalue weighted by atomic mass is 10.0. The zero-order valence-electron chi connectivity index (χ0n) is 13.1. The third-order valence-corrected chi connectivity index (χ3v) is 6.47. The smallest absolute Gasteiger partial charge is 0.0456 e. The first kappa shape index (κ1) is 16.0. The van der Waals surface area contributed by atoms with Gasteiger partial charge in [0.15, 0.2) is 0 Å². The topological polar surface area (TPSA) is 0 Å². The summed E-state index contributed by atoms with van der Waals surface area (Å²) in [6.07, 6.45) is 11.5. The number of rotatable bonds is 9. The van der Waals surface area contributed by atoms with Crippen molar-refractivity contribution in [3.8, 4) is 0 Å². The van der Waals surface area contributed by atoms with Crippen LogP contribution >= 0.6 is 22.7 Å². The third kappa shape index (κ3) is 4.33. The summed E-state index contributed by atoms with van der Waals surface area (Å²) in [6.45, 7) is 6.88. The molecule has 1 atom stereocenters. The molecule has 111 valence electrons. The fourth-order valence-corrected chi connectivity index (χ4v) is 5.09. The van der Waals surface area contributed by atoms with E-state index in [0.717, 1.165) is 0 Å². The van der Waals surface area contributed by atoms with Crippen LogP contribution in [0.4, 0.5) is 0 Å². The van der Waals surface area contributed by atoms with Gasteiger partial charge in [0, 0.05) is 19.2 Å². The van der Waals surface area contributed by atoms with Crippen molar-refractivity contribution in [2.24, 2.45) is 0 Å². The van der Waals surface area contributed by atoms with E-state index in [0.29, 0.717) is 5.92 Å². The summed E-state index contributed by atoms with van der Waals surface area (Å²) in [5.41, 5.74) is 0. The van der Waals surface area contributed by atoms with Crippen LogP contribution in [-0.2, 0) is 6.42 Å². The van der Waals surface area contributed by atoms with E-state index < -0.39 is 0 Å². The van der Waals surface area contributed by atoms with Crippen LogP contribution in [0.1, 0.15) is 75.0 Å². The minimum absolute atomic E-state index is 0.714. The number of thiophene rings is 2. The molecular formula is C18H27S2. The van der Waals surface area contributed by atoms with Crippen LogP contribution in [0.2, 0.25) is 0 Å². The summed E-state index contributed by atoms with van der Waals surface area (Å²) >= 11 is 4.04. The van der Waals surface area contributed by atoms with Gasteiger partial charge in [-0.1, -0.05) is 40.0 Å². The monoisotopic (exact) mass is 307 g/mol. The Morgan fingerprint density at radius 3 is 2.60 bits per heavy atom. The highest BCUT2D eigenvalue weighted by atomic mass is 32.1. The average molecular weight is 308 g/mol. The Balaban J connectivity index is 1.94.